The third kappa shape index (κ3) is 4.41. The second-order valence-corrected chi connectivity index (χ2v) is 6.45. The Morgan fingerprint density at radius 2 is 2.00 bits per heavy atom. The highest BCUT2D eigenvalue weighted by atomic mass is 16.5. The molecule has 1 aliphatic rings. The van der Waals surface area contributed by atoms with Gasteiger partial charge < -0.3 is 14.8 Å². The highest BCUT2D eigenvalue weighted by Gasteiger charge is 2.26. The van der Waals surface area contributed by atoms with Crippen LogP contribution < -0.4 is 14.8 Å². The van der Waals surface area contributed by atoms with Crippen LogP contribution in [0.15, 0.2) is 18.2 Å². The number of hydrogen-bond donors (Lipinski definition) is 1. The van der Waals surface area contributed by atoms with Gasteiger partial charge in [0.2, 0.25) is 0 Å². The van der Waals surface area contributed by atoms with Gasteiger partial charge in [0.25, 0.3) is 0 Å². The van der Waals surface area contributed by atoms with Crippen molar-refractivity contribution in [1.82, 2.24) is 5.32 Å². The quantitative estimate of drug-likeness (QED) is 0.790. The molecule has 0 unspecified atom stereocenters. The Kier molecular flexibility index (Phi) is 4.92. The molecule has 0 aliphatic heterocycles. The van der Waals surface area contributed by atoms with Crippen LogP contribution in [0.5, 0.6) is 11.5 Å². The van der Waals surface area contributed by atoms with Crippen LogP contribution in [0.25, 0.3) is 0 Å². The van der Waals surface area contributed by atoms with Crippen molar-refractivity contribution in [2.24, 2.45) is 5.41 Å². The van der Waals surface area contributed by atoms with Gasteiger partial charge in [-0.1, -0.05) is 26.8 Å². The van der Waals surface area contributed by atoms with Crippen molar-refractivity contribution in [3.8, 4) is 11.5 Å². The van der Waals surface area contributed by atoms with E-state index in [1.807, 2.05) is 6.07 Å². The minimum absolute atomic E-state index is 0.122. The van der Waals surface area contributed by atoms with Crippen molar-refractivity contribution in [3.63, 3.8) is 0 Å². The Morgan fingerprint density at radius 3 is 2.60 bits per heavy atom. The largest absolute Gasteiger partial charge is 0.493 e. The van der Waals surface area contributed by atoms with Crippen molar-refractivity contribution in [2.45, 2.75) is 46.1 Å². The van der Waals surface area contributed by atoms with Gasteiger partial charge in [-0.05, 0) is 37.0 Å². The van der Waals surface area contributed by atoms with Crippen LogP contribution in [0.4, 0.5) is 0 Å². The zero-order valence-corrected chi connectivity index (χ0v) is 13.2. The molecule has 0 amide bonds. The summed E-state index contributed by atoms with van der Waals surface area (Å²) in [5.74, 6) is 1.67. The average Bonchev–Trinajstić information content (AvgIpc) is 3.27. The fourth-order valence-corrected chi connectivity index (χ4v) is 2.08. The van der Waals surface area contributed by atoms with Crippen molar-refractivity contribution >= 4 is 0 Å². The van der Waals surface area contributed by atoms with Crippen molar-refractivity contribution in [1.29, 1.82) is 0 Å². The van der Waals surface area contributed by atoms with E-state index in [1.54, 1.807) is 7.11 Å². The first-order valence-electron chi connectivity index (χ1n) is 7.57. The molecule has 0 spiro atoms. The van der Waals surface area contributed by atoms with Crippen molar-refractivity contribution in [2.75, 3.05) is 20.3 Å². The summed E-state index contributed by atoms with van der Waals surface area (Å²) in [4.78, 5) is 0. The van der Waals surface area contributed by atoms with Gasteiger partial charge in [-0.15, -0.1) is 0 Å². The molecule has 1 saturated carbocycles. The van der Waals surface area contributed by atoms with E-state index in [0.29, 0.717) is 6.61 Å². The van der Waals surface area contributed by atoms with Crippen molar-refractivity contribution < 1.29 is 9.47 Å². The van der Waals surface area contributed by atoms with E-state index in [1.165, 1.54) is 18.4 Å². The van der Waals surface area contributed by atoms with Crippen LogP contribution in [-0.2, 0) is 6.42 Å². The standard InChI is InChI=1S/C17H27NO2/c1-5-13-6-9-15(16(10-13)19-4)20-12-17(2,3)11-18-14-7-8-14/h6,9-10,14,18H,5,7-8,11-12H2,1-4H3. The molecule has 1 aromatic carbocycles. The first kappa shape index (κ1) is 15.2. The lowest BCUT2D eigenvalue weighted by Crippen LogP contribution is -2.35. The molecule has 2 rings (SSSR count). The second kappa shape index (κ2) is 6.49. The lowest BCUT2D eigenvalue weighted by molar-refractivity contribution is 0.171. The highest BCUT2D eigenvalue weighted by Crippen LogP contribution is 2.30. The summed E-state index contributed by atoms with van der Waals surface area (Å²) in [6.07, 6.45) is 3.65. The van der Waals surface area contributed by atoms with E-state index in [0.717, 1.165) is 30.5 Å². The maximum absolute atomic E-state index is 5.98. The number of methoxy groups -OCH3 is 1. The maximum atomic E-state index is 5.98. The van der Waals surface area contributed by atoms with Gasteiger partial charge in [0.1, 0.15) is 0 Å². The molecule has 0 heterocycles. The summed E-state index contributed by atoms with van der Waals surface area (Å²) in [5.41, 5.74) is 1.39. The number of nitrogens with one attached hydrogen (secondary N) is 1. The summed E-state index contributed by atoms with van der Waals surface area (Å²) in [7, 11) is 1.70. The SMILES string of the molecule is CCc1ccc(OCC(C)(C)CNC2CC2)c(OC)c1. The number of rotatable bonds is 8. The van der Waals surface area contributed by atoms with E-state index in [-0.39, 0.29) is 5.41 Å². The predicted octanol–water partition coefficient (Wildman–Crippen LogP) is 3.41. The highest BCUT2D eigenvalue weighted by molar-refractivity contribution is 5.43. The number of hydrogen-bond acceptors (Lipinski definition) is 3. The molecule has 0 radical (unpaired) electrons. The van der Waals surface area contributed by atoms with Gasteiger partial charge in [-0.3, -0.25) is 0 Å². The van der Waals surface area contributed by atoms with Crippen LogP contribution in [0.1, 0.15) is 39.2 Å². The molecule has 1 aliphatic carbocycles. The Balaban J connectivity index is 1.91. The van der Waals surface area contributed by atoms with E-state index < -0.39 is 0 Å². The van der Waals surface area contributed by atoms with Gasteiger partial charge in [-0.25, -0.2) is 0 Å². The Morgan fingerprint density at radius 1 is 1.25 bits per heavy atom. The minimum Gasteiger partial charge on any atom is -0.493 e. The monoisotopic (exact) mass is 277 g/mol. The molecule has 0 atom stereocenters. The first-order chi connectivity index (χ1) is 9.54. The lowest BCUT2D eigenvalue weighted by Gasteiger charge is -2.25. The molecule has 112 valence electrons. The topological polar surface area (TPSA) is 30.5 Å². The van der Waals surface area contributed by atoms with Gasteiger partial charge in [0.15, 0.2) is 11.5 Å². The number of benzene rings is 1. The van der Waals surface area contributed by atoms with E-state index in [9.17, 15) is 0 Å². The van der Waals surface area contributed by atoms with Crippen LogP contribution in [0.2, 0.25) is 0 Å². The molecule has 1 N–H and O–H groups in total. The van der Waals surface area contributed by atoms with Gasteiger partial charge in [0, 0.05) is 18.0 Å². The third-order valence-corrected chi connectivity index (χ3v) is 3.70. The van der Waals surface area contributed by atoms with Crippen LogP contribution in [0.3, 0.4) is 0 Å². The molecular weight excluding hydrogens is 250 g/mol. The molecule has 3 nitrogen and oxygen atoms in total. The van der Waals surface area contributed by atoms with E-state index in [4.69, 9.17) is 9.47 Å². The fourth-order valence-electron chi connectivity index (χ4n) is 2.08. The summed E-state index contributed by atoms with van der Waals surface area (Å²) in [5, 5.41) is 3.57. The van der Waals surface area contributed by atoms with Gasteiger partial charge >= 0.3 is 0 Å². The Bertz CT molecular complexity index is 439. The van der Waals surface area contributed by atoms with Crippen LogP contribution in [0, 0.1) is 5.41 Å². The fraction of sp³-hybridized carbons (Fsp3) is 0.647. The summed E-state index contributed by atoms with van der Waals surface area (Å²) >= 11 is 0. The molecule has 1 fully saturated rings. The Hall–Kier alpha value is -1.22. The van der Waals surface area contributed by atoms with Gasteiger partial charge in [-0.2, -0.15) is 0 Å². The molecule has 0 bridgehead atoms. The van der Waals surface area contributed by atoms with E-state index in [2.05, 4.69) is 38.2 Å². The normalized spacial score (nSPS) is 15.2. The average molecular weight is 277 g/mol. The lowest BCUT2D eigenvalue weighted by atomic mass is 9.95. The molecule has 3 heteroatoms. The molecule has 20 heavy (non-hydrogen) atoms. The molecular formula is C17H27NO2. The van der Waals surface area contributed by atoms with Crippen molar-refractivity contribution in [3.05, 3.63) is 23.8 Å². The number of aryl methyl sites for hydroxylation is 1. The summed E-state index contributed by atoms with van der Waals surface area (Å²) in [6, 6.07) is 6.92. The number of ether oxygens (including phenoxy) is 2. The van der Waals surface area contributed by atoms with Gasteiger partial charge in [0.05, 0.1) is 13.7 Å². The minimum atomic E-state index is 0.122. The smallest absolute Gasteiger partial charge is 0.161 e. The zero-order chi connectivity index (χ0) is 14.6. The zero-order valence-electron chi connectivity index (χ0n) is 13.2. The molecule has 0 saturated heterocycles. The summed E-state index contributed by atoms with van der Waals surface area (Å²) < 4.78 is 11.4. The maximum Gasteiger partial charge on any atom is 0.161 e. The Labute approximate surface area is 122 Å². The predicted molar refractivity (Wildman–Crippen MR) is 82.7 cm³/mol. The molecule has 1 aromatic rings. The molecule has 0 aromatic heterocycles. The van der Waals surface area contributed by atoms with E-state index >= 15 is 0 Å². The van der Waals surface area contributed by atoms with Crippen LogP contribution in [-0.4, -0.2) is 26.3 Å². The first-order valence-corrected chi connectivity index (χ1v) is 7.57. The summed E-state index contributed by atoms with van der Waals surface area (Å²) in [6.45, 7) is 8.29. The second-order valence-electron chi connectivity index (χ2n) is 6.45. The third-order valence-electron chi connectivity index (χ3n) is 3.70. The van der Waals surface area contributed by atoms with Crippen LogP contribution >= 0.6 is 0 Å².